The van der Waals surface area contributed by atoms with Crippen LogP contribution in [0.3, 0.4) is 0 Å². The van der Waals surface area contributed by atoms with Gasteiger partial charge in [0.05, 0.1) is 55.2 Å². The summed E-state index contributed by atoms with van der Waals surface area (Å²) in [5.41, 5.74) is 37.0. The second kappa shape index (κ2) is 25.0. The molecule has 17 aromatic carbocycles. The lowest BCUT2D eigenvalue weighted by Crippen LogP contribution is -2.28. The molecule has 0 bridgehead atoms. The summed E-state index contributed by atoms with van der Waals surface area (Å²) in [7, 11) is 0. The van der Waals surface area contributed by atoms with Gasteiger partial charge in [0.1, 0.15) is 5.82 Å². The smallest absolute Gasteiger partial charge is 0.162 e. The van der Waals surface area contributed by atoms with E-state index in [1.54, 1.807) is 0 Å². The largest absolute Gasteiger partial charge is 0.309 e. The van der Waals surface area contributed by atoms with Gasteiger partial charge in [-0.2, -0.15) is 0 Å². The molecule has 119 heavy (non-hydrogen) atoms. The predicted octanol–water partition coefficient (Wildman–Crippen LogP) is 28.5. The van der Waals surface area contributed by atoms with E-state index in [0.717, 1.165) is 72.3 Å². The van der Waals surface area contributed by atoms with E-state index in [4.69, 9.17) is 9.97 Å². The number of para-hydroxylation sites is 4. The highest BCUT2D eigenvalue weighted by molar-refractivity contribution is 6.15. The Bertz CT molecular complexity index is 8060. The fraction of sp³-hybridized carbons (Fsp3) is 0.0619. The van der Waals surface area contributed by atoms with Crippen LogP contribution >= 0.6 is 0 Å². The quantitative estimate of drug-likeness (QED) is 0.137. The molecular weight excluding hydrogens is 1440 g/mol. The minimum atomic E-state index is -0.769. The second-order valence-electron chi connectivity index (χ2n) is 33.9. The maximum atomic E-state index is 5.78. The molecular formula is C113H76N6. The van der Waals surface area contributed by atoms with Crippen molar-refractivity contribution in [1.29, 1.82) is 0 Å². The Kier molecular flexibility index (Phi) is 14.2. The molecule has 0 spiro atoms. The highest BCUT2D eigenvalue weighted by Crippen LogP contribution is 2.59. The average Bonchev–Trinajstić information content (AvgIpc) is 1.53. The van der Waals surface area contributed by atoms with Crippen molar-refractivity contribution in [2.24, 2.45) is 0 Å². The number of fused-ring (bicyclic) bond motifs is 21. The number of nitrogens with zero attached hydrogens (tertiary/aromatic N) is 6. The highest BCUT2D eigenvalue weighted by atomic mass is 15.1. The van der Waals surface area contributed by atoms with Crippen LogP contribution in [0.15, 0.2) is 388 Å². The first-order valence-electron chi connectivity index (χ1n) is 41.5. The molecule has 3 aliphatic rings. The van der Waals surface area contributed by atoms with Gasteiger partial charge in [-0.1, -0.05) is 295 Å². The summed E-state index contributed by atoms with van der Waals surface area (Å²) in [4.78, 5) is 11.4. The van der Waals surface area contributed by atoms with E-state index in [0.29, 0.717) is 5.82 Å². The van der Waals surface area contributed by atoms with Crippen molar-refractivity contribution in [2.45, 2.75) is 43.9 Å². The van der Waals surface area contributed by atoms with Gasteiger partial charge >= 0.3 is 0 Å². The molecule has 0 N–H and O–H groups in total. The maximum absolute atomic E-state index is 5.78. The summed E-state index contributed by atoms with van der Waals surface area (Å²) >= 11 is 0. The van der Waals surface area contributed by atoms with Crippen LogP contribution in [0.4, 0.5) is 0 Å². The summed E-state index contributed by atoms with van der Waals surface area (Å²) in [5.74, 6) is 1.43. The zero-order chi connectivity index (χ0) is 78.7. The molecule has 25 rings (SSSR count). The van der Waals surface area contributed by atoms with E-state index in [-0.39, 0.29) is 10.8 Å². The SMILES string of the molecule is CC1(C)c2ccccc2-c2ccc(-n3c4ccccc4c4cc(-c5ccc6c(c5)c5ccccc5n6-c5ccc6c(c5)C(c5ccccc5)(c5ccccc5)c5cc(-c7nc(-c8ccccc8)cc(-n8c9ccccc9c9cc(-c%10ccc%11c(c%10)c%10ccccc%10n%11-c%10ccc%11c(c%10)C(C)(C)c%10ccccc%10-%11)ccc98)n7)ccc5-6)ccc43)cc21. The molecule has 6 nitrogen and oxygen atoms in total. The van der Waals surface area contributed by atoms with E-state index in [2.05, 4.69) is 434 Å². The number of rotatable bonds is 10. The van der Waals surface area contributed by atoms with Crippen LogP contribution < -0.4 is 0 Å². The molecule has 0 unspecified atom stereocenters. The number of hydrogen-bond acceptors (Lipinski definition) is 2. The standard InChI is InChI=1S/C113H76N6/c1-111(2)94-38-20-14-32-80(94)82-53-49-77(65-96(82)111)116-101-40-22-16-34-86(101)90-60-70(45-56-105(90)116)71-47-58-107-92(61-71)88-36-18-24-42-103(88)118(107)79-51-55-85-84-52-44-74(64-98(84)113(99(85)67-79,75-28-10-6-11-29-75)76-30-12-7-13-31-76)110-114-100(69-26-8-5-9-27-69)68-109(115-110)119-104-43-25-19-37-89(104)93-63-73(48-59-108(93)119)72-46-57-106-91(62-72)87-35-17-23-41-102(87)117(106)78-50-54-83-81-33-15-21-39-95(81)112(3,4)97(83)66-78/h5-68H,1-4H3. The normalized spacial score (nSPS) is 13.9. The van der Waals surface area contributed by atoms with Crippen molar-refractivity contribution in [3.63, 3.8) is 0 Å². The average molecular weight is 1520 g/mol. The zero-order valence-corrected chi connectivity index (χ0v) is 66.1. The Balaban J connectivity index is 0.607. The molecule has 0 saturated carbocycles. The van der Waals surface area contributed by atoms with E-state index >= 15 is 0 Å². The Hall–Kier alpha value is -15.0. The monoisotopic (exact) mass is 1520 g/mol. The van der Waals surface area contributed by atoms with Crippen LogP contribution in [0.2, 0.25) is 0 Å². The fourth-order valence-corrected chi connectivity index (χ4v) is 21.5. The van der Waals surface area contributed by atoms with Gasteiger partial charge in [-0.25, -0.2) is 9.97 Å². The summed E-state index contributed by atoms with van der Waals surface area (Å²) < 4.78 is 9.78. The second-order valence-corrected chi connectivity index (χ2v) is 33.9. The first-order chi connectivity index (χ1) is 58.5. The third kappa shape index (κ3) is 9.59. The lowest BCUT2D eigenvalue weighted by atomic mass is 9.67. The van der Waals surface area contributed by atoms with Crippen molar-refractivity contribution in [1.82, 2.24) is 28.2 Å². The van der Waals surface area contributed by atoms with Crippen molar-refractivity contribution in [3.05, 3.63) is 433 Å². The van der Waals surface area contributed by atoms with Gasteiger partial charge in [-0.05, 0) is 215 Å². The molecule has 558 valence electrons. The lowest BCUT2D eigenvalue weighted by molar-refractivity contribution is 0.660. The van der Waals surface area contributed by atoms with Gasteiger partial charge < -0.3 is 13.7 Å². The summed E-state index contributed by atoms with van der Waals surface area (Å²) in [5, 5.41) is 9.63. The predicted molar refractivity (Wildman–Crippen MR) is 494 cm³/mol. The van der Waals surface area contributed by atoms with Gasteiger partial charge in [0.25, 0.3) is 0 Å². The van der Waals surface area contributed by atoms with Crippen LogP contribution in [-0.4, -0.2) is 28.2 Å². The van der Waals surface area contributed by atoms with Crippen molar-refractivity contribution in [2.75, 3.05) is 0 Å². The van der Waals surface area contributed by atoms with Crippen molar-refractivity contribution >= 4 is 87.2 Å². The van der Waals surface area contributed by atoms with E-state index in [9.17, 15) is 0 Å². The molecule has 0 radical (unpaired) electrons. The minimum absolute atomic E-state index is 0.112. The Labute approximate surface area is 688 Å². The van der Waals surface area contributed by atoms with Gasteiger partial charge in [-0.15, -0.1) is 0 Å². The summed E-state index contributed by atoms with van der Waals surface area (Å²) in [6.45, 7) is 9.46. The van der Waals surface area contributed by atoms with E-state index < -0.39 is 5.41 Å². The van der Waals surface area contributed by atoms with Gasteiger partial charge in [0.2, 0.25) is 0 Å². The molecule has 22 aromatic rings. The molecule has 0 fully saturated rings. The number of hydrogen-bond donors (Lipinski definition) is 0. The highest BCUT2D eigenvalue weighted by Gasteiger charge is 2.47. The molecule has 6 heteroatoms. The van der Waals surface area contributed by atoms with Gasteiger partial charge in [0.15, 0.2) is 5.82 Å². The molecule has 0 saturated heterocycles. The van der Waals surface area contributed by atoms with Crippen LogP contribution in [-0.2, 0) is 16.2 Å². The molecule has 3 aliphatic carbocycles. The van der Waals surface area contributed by atoms with Crippen LogP contribution in [0.1, 0.15) is 72.2 Å². The first-order valence-corrected chi connectivity index (χ1v) is 41.5. The molecule has 0 aliphatic heterocycles. The molecule has 5 aromatic heterocycles. The first kappa shape index (κ1) is 67.4. The van der Waals surface area contributed by atoms with Gasteiger partial charge in [-0.3, -0.25) is 4.57 Å². The Morgan fingerprint density at radius 3 is 0.941 bits per heavy atom. The number of benzene rings is 17. The fourth-order valence-electron chi connectivity index (χ4n) is 21.5. The van der Waals surface area contributed by atoms with Crippen molar-refractivity contribution in [3.8, 4) is 101 Å². The maximum Gasteiger partial charge on any atom is 0.162 e. The summed E-state index contributed by atoms with van der Waals surface area (Å²) in [6.07, 6.45) is 0. The topological polar surface area (TPSA) is 45.5 Å². The van der Waals surface area contributed by atoms with Crippen molar-refractivity contribution < 1.29 is 0 Å². The van der Waals surface area contributed by atoms with Gasteiger partial charge in [0, 0.05) is 88.2 Å². The zero-order valence-electron chi connectivity index (χ0n) is 66.1. The summed E-state index contributed by atoms with van der Waals surface area (Å²) in [6, 6.07) is 145. The van der Waals surface area contributed by atoms with E-state index in [1.807, 2.05) is 0 Å². The third-order valence-corrected chi connectivity index (χ3v) is 27.1. The molecule has 5 heterocycles. The van der Waals surface area contributed by atoms with Crippen LogP contribution in [0.25, 0.3) is 188 Å². The Morgan fingerprint density at radius 1 is 0.202 bits per heavy atom. The van der Waals surface area contributed by atoms with Crippen LogP contribution in [0, 0.1) is 0 Å². The molecule has 0 atom stereocenters. The van der Waals surface area contributed by atoms with Crippen LogP contribution in [0.5, 0.6) is 0 Å². The van der Waals surface area contributed by atoms with E-state index in [1.165, 1.54) is 155 Å². The number of aromatic nitrogens is 6. The third-order valence-electron chi connectivity index (χ3n) is 27.1. The minimum Gasteiger partial charge on any atom is -0.309 e. The molecule has 0 amide bonds. The Morgan fingerprint density at radius 2 is 0.513 bits per heavy atom. The lowest BCUT2D eigenvalue weighted by Gasteiger charge is -2.34.